The van der Waals surface area contributed by atoms with Crippen molar-refractivity contribution in [2.24, 2.45) is 5.92 Å². The second-order valence-electron chi connectivity index (χ2n) is 5.14. The van der Waals surface area contributed by atoms with Gasteiger partial charge in [0.1, 0.15) is 11.9 Å². The van der Waals surface area contributed by atoms with Gasteiger partial charge in [0.2, 0.25) is 0 Å². The van der Waals surface area contributed by atoms with E-state index in [-0.39, 0.29) is 12.2 Å². The van der Waals surface area contributed by atoms with Gasteiger partial charge < -0.3 is 10.4 Å². The van der Waals surface area contributed by atoms with Crippen molar-refractivity contribution in [3.63, 3.8) is 0 Å². The highest BCUT2D eigenvalue weighted by molar-refractivity contribution is 5.34. The number of nitriles is 1. The molecular formula is C15H19FN2O. The van der Waals surface area contributed by atoms with Crippen molar-refractivity contribution in [1.29, 1.82) is 5.26 Å². The maximum absolute atomic E-state index is 13.2. The average Bonchev–Trinajstić information content (AvgIpc) is 2.46. The molecule has 2 atom stereocenters. The molecule has 4 heteroatoms. The second-order valence-corrected chi connectivity index (χ2v) is 5.14. The van der Waals surface area contributed by atoms with E-state index in [1.807, 2.05) is 6.07 Å². The SMILES string of the molecule is N#Cc1cc(CNC2CCCCC2CO)ccc1F. The first-order valence-corrected chi connectivity index (χ1v) is 6.77. The third kappa shape index (κ3) is 3.52. The summed E-state index contributed by atoms with van der Waals surface area (Å²) in [6, 6.07) is 6.78. The van der Waals surface area contributed by atoms with E-state index >= 15 is 0 Å². The van der Waals surface area contributed by atoms with Crippen LogP contribution < -0.4 is 5.32 Å². The van der Waals surface area contributed by atoms with Crippen molar-refractivity contribution in [3.8, 4) is 6.07 Å². The van der Waals surface area contributed by atoms with Gasteiger partial charge in [-0.1, -0.05) is 18.9 Å². The number of aliphatic hydroxyl groups is 1. The molecule has 102 valence electrons. The third-order valence-electron chi connectivity index (χ3n) is 3.86. The number of nitrogens with one attached hydrogen (secondary N) is 1. The van der Waals surface area contributed by atoms with Gasteiger partial charge in [0.15, 0.2) is 0 Å². The summed E-state index contributed by atoms with van der Waals surface area (Å²) in [6.07, 6.45) is 4.48. The number of hydrogen-bond donors (Lipinski definition) is 2. The van der Waals surface area contributed by atoms with Crippen LogP contribution in [0.25, 0.3) is 0 Å². The largest absolute Gasteiger partial charge is 0.396 e. The fraction of sp³-hybridized carbons (Fsp3) is 0.533. The topological polar surface area (TPSA) is 56.0 Å². The lowest BCUT2D eigenvalue weighted by molar-refractivity contribution is 0.152. The average molecular weight is 262 g/mol. The molecule has 1 fully saturated rings. The van der Waals surface area contributed by atoms with Crippen LogP contribution in [0.1, 0.15) is 36.8 Å². The molecular weight excluding hydrogens is 243 g/mol. The van der Waals surface area contributed by atoms with Gasteiger partial charge in [-0.05, 0) is 36.5 Å². The van der Waals surface area contributed by atoms with Crippen molar-refractivity contribution in [3.05, 3.63) is 35.1 Å². The Morgan fingerprint density at radius 1 is 1.37 bits per heavy atom. The van der Waals surface area contributed by atoms with Crippen LogP contribution in [-0.2, 0) is 6.54 Å². The number of rotatable bonds is 4. The molecule has 1 aliphatic rings. The molecule has 0 aromatic heterocycles. The Labute approximate surface area is 113 Å². The van der Waals surface area contributed by atoms with Gasteiger partial charge in [-0.2, -0.15) is 5.26 Å². The van der Waals surface area contributed by atoms with Crippen LogP contribution in [-0.4, -0.2) is 17.8 Å². The summed E-state index contributed by atoms with van der Waals surface area (Å²) < 4.78 is 13.2. The third-order valence-corrected chi connectivity index (χ3v) is 3.86. The maximum atomic E-state index is 13.2. The van der Waals surface area contributed by atoms with Gasteiger partial charge in [0.05, 0.1) is 5.56 Å². The monoisotopic (exact) mass is 262 g/mol. The van der Waals surface area contributed by atoms with Crippen LogP contribution in [0.3, 0.4) is 0 Å². The highest BCUT2D eigenvalue weighted by atomic mass is 19.1. The van der Waals surface area contributed by atoms with Gasteiger partial charge in [-0.3, -0.25) is 0 Å². The van der Waals surface area contributed by atoms with Crippen LogP contribution in [0.5, 0.6) is 0 Å². The van der Waals surface area contributed by atoms with Crippen LogP contribution in [0.4, 0.5) is 4.39 Å². The molecule has 19 heavy (non-hydrogen) atoms. The van der Waals surface area contributed by atoms with Crippen molar-refractivity contribution in [2.45, 2.75) is 38.3 Å². The lowest BCUT2D eigenvalue weighted by Crippen LogP contribution is -2.39. The van der Waals surface area contributed by atoms with E-state index < -0.39 is 5.82 Å². The molecule has 0 bridgehead atoms. The predicted octanol–water partition coefficient (Wildman–Crippen LogP) is 2.34. The van der Waals surface area contributed by atoms with Crippen LogP contribution in [0.15, 0.2) is 18.2 Å². The highest BCUT2D eigenvalue weighted by Crippen LogP contribution is 2.24. The standard InChI is InChI=1S/C15H19FN2O/c16-14-6-5-11(7-13(14)8-17)9-18-15-4-2-1-3-12(15)10-19/h5-7,12,15,18-19H,1-4,9-10H2. The van der Waals surface area contributed by atoms with Crippen molar-refractivity contribution in [1.82, 2.24) is 5.32 Å². The number of nitrogens with zero attached hydrogens (tertiary/aromatic N) is 1. The molecule has 0 saturated heterocycles. The van der Waals surface area contributed by atoms with E-state index in [0.717, 1.165) is 18.4 Å². The second kappa shape index (κ2) is 6.65. The molecule has 2 N–H and O–H groups in total. The lowest BCUT2D eigenvalue weighted by atomic mass is 9.85. The minimum Gasteiger partial charge on any atom is -0.396 e. The lowest BCUT2D eigenvalue weighted by Gasteiger charge is -2.31. The Hall–Kier alpha value is -1.44. The zero-order chi connectivity index (χ0) is 13.7. The molecule has 2 unspecified atom stereocenters. The number of benzene rings is 1. The van der Waals surface area contributed by atoms with Gasteiger partial charge in [0.25, 0.3) is 0 Å². The minimum atomic E-state index is -0.475. The fourth-order valence-corrected chi connectivity index (χ4v) is 2.71. The zero-order valence-corrected chi connectivity index (χ0v) is 10.9. The smallest absolute Gasteiger partial charge is 0.140 e. The van der Waals surface area contributed by atoms with Gasteiger partial charge >= 0.3 is 0 Å². The van der Waals surface area contributed by atoms with Crippen LogP contribution >= 0.6 is 0 Å². The zero-order valence-electron chi connectivity index (χ0n) is 10.9. The van der Waals surface area contributed by atoms with Crippen LogP contribution in [0.2, 0.25) is 0 Å². The van der Waals surface area contributed by atoms with E-state index in [1.54, 1.807) is 12.1 Å². The molecule has 2 rings (SSSR count). The summed E-state index contributed by atoms with van der Waals surface area (Å²) in [5, 5.41) is 21.6. The van der Waals surface area contributed by atoms with Gasteiger partial charge in [-0.15, -0.1) is 0 Å². The first-order chi connectivity index (χ1) is 9.24. The molecule has 0 radical (unpaired) electrons. The van der Waals surface area contributed by atoms with E-state index in [4.69, 9.17) is 5.26 Å². The maximum Gasteiger partial charge on any atom is 0.140 e. The molecule has 1 aliphatic carbocycles. The van der Waals surface area contributed by atoms with Crippen molar-refractivity contribution in [2.75, 3.05) is 6.61 Å². The normalized spacial score (nSPS) is 23.0. The molecule has 1 saturated carbocycles. The van der Waals surface area contributed by atoms with Crippen molar-refractivity contribution < 1.29 is 9.50 Å². The summed E-state index contributed by atoms with van der Waals surface area (Å²) in [5.41, 5.74) is 0.988. The predicted molar refractivity (Wildman–Crippen MR) is 70.8 cm³/mol. The molecule has 1 aromatic carbocycles. The first kappa shape index (κ1) is 14.0. The Morgan fingerprint density at radius 2 is 2.16 bits per heavy atom. The van der Waals surface area contributed by atoms with Crippen LogP contribution in [0, 0.1) is 23.1 Å². The quantitative estimate of drug-likeness (QED) is 0.875. The molecule has 3 nitrogen and oxygen atoms in total. The number of halogens is 1. The highest BCUT2D eigenvalue weighted by Gasteiger charge is 2.23. The molecule has 0 amide bonds. The Morgan fingerprint density at radius 3 is 2.89 bits per heavy atom. The summed E-state index contributed by atoms with van der Waals surface area (Å²) in [4.78, 5) is 0. The molecule has 0 aliphatic heterocycles. The first-order valence-electron chi connectivity index (χ1n) is 6.77. The van der Waals surface area contributed by atoms with E-state index in [2.05, 4.69) is 5.32 Å². The van der Waals surface area contributed by atoms with E-state index in [1.165, 1.54) is 18.9 Å². The van der Waals surface area contributed by atoms with Crippen molar-refractivity contribution >= 4 is 0 Å². The van der Waals surface area contributed by atoms with Gasteiger partial charge in [0, 0.05) is 19.2 Å². The molecule has 0 spiro atoms. The molecule has 1 aromatic rings. The summed E-state index contributed by atoms with van der Waals surface area (Å²) in [5.74, 6) is -0.165. The summed E-state index contributed by atoms with van der Waals surface area (Å²) in [7, 11) is 0. The molecule has 0 heterocycles. The Balaban J connectivity index is 1.96. The van der Waals surface area contributed by atoms with E-state index in [0.29, 0.717) is 18.5 Å². The Kier molecular flexibility index (Phi) is 4.89. The fourth-order valence-electron chi connectivity index (χ4n) is 2.71. The summed E-state index contributed by atoms with van der Waals surface area (Å²) >= 11 is 0. The van der Waals surface area contributed by atoms with E-state index in [9.17, 15) is 9.50 Å². The number of aliphatic hydroxyl groups excluding tert-OH is 1. The van der Waals surface area contributed by atoms with Gasteiger partial charge in [-0.25, -0.2) is 4.39 Å². The Bertz CT molecular complexity index is 470. The minimum absolute atomic E-state index is 0.0849. The number of hydrogen-bond acceptors (Lipinski definition) is 3. The summed E-state index contributed by atoms with van der Waals surface area (Å²) in [6.45, 7) is 0.820.